The smallest absolute Gasteiger partial charge is 0.253 e. The van der Waals surface area contributed by atoms with Crippen LogP contribution in [0.3, 0.4) is 0 Å². The van der Waals surface area contributed by atoms with Gasteiger partial charge in [-0.2, -0.15) is 0 Å². The van der Waals surface area contributed by atoms with E-state index in [0.717, 1.165) is 30.2 Å². The van der Waals surface area contributed by atoms with Gasteiger partial charge in [0.05, 0.1) is 13.3 Å². The van der Waals surface area contributed by atoms with Crippen LogP contribution in [0.25, 0.3) is 5.69 Å². The van der Waals surface area contributed by atoms with Crippen molar-refractivity contribution in [3.05, 3.63) is 66.6 Å². The van der Waals surface area contributed by atoms with E-state index in [2.05, 4.69) is 21.3 Å². The van der Waals surface area contributed by atoms with Gasteiger partial charge in [-0.15, -0.1) is 0 Å². The van der Waals surface area contributed by atoms with Crippen molar-refractivity contribution in [2.75, 3.05) is 43.5 Å². The molecule has 2 aromatic carbocycles. The Hall–Kier alpha value is -3.81. The maximum atomic E-state index is 12.9. The van der Waals surface area contributed by atoms with E-state index in [1.807, 2.05) is 47.4 Å². The number of aromatic nitrogens is 2. The van der Waals surface area contributed by atoms with Crippen LogP contribution in [-0.4, -0.2) is 59.6 Å². The largest absolute Gasteiger partial charge is 0.497 e. The van der Waals surface area contributed by atoms with Gasteiger partial charge >= 0.3 is 0 Å². The third-order valence-electron chi connectivity index (χ3n) is 5.28. The Bertz CT molecular complexity index is 1070. The molecule has 2 heterocycles. The van der Waals surface area contributed by atoms with Crippen molar-refractivity contribution >= 4 is 23.3 Å². The molecule has 8 nitrogen and oxygen atoms in total. The normalized spacial score (nSPS) is 13.7. The van der Waals surface area contributed by atoms with Gasteiger partial charge in [-0.3, -0.25) is 9.59 Å². The highest BCUT2D eigenvalue weighted by Gasteiger charge is 2.22. The first-order valence-corrected chi connectivity index (χ1v) is 10.1. The molecule has 0 spiro atoms. The minimum Gasteiger partial charge on any atom is -0.497 e. The Morgan fingerprint density at radius 1 is 1.00 bits per heavy atom. The summed E-state index contributed by atoms with van der Waals surface area (Å²) in [7, 11) is 1.66. The molecule has 0 radical (unpaired) electrons. The minimum atomic E-state index is -0.169. The molecule has 0 saturated carbocycles. The summed E-state index contributed by atoms with van der Waals surface area (Å²) in [4.78, 5) is 32.4. The van der Waals surface area contributed by atoms with Crippen LogP contribution >= 0.6 is 0 Å². The van der Waals surface area contributed by atoms with Gasteiger partial charge < -0.3 is 24.4 Å². The number of nitrogens with one attached hydrogen (secondary N) is 1. The molecule has 8 heteroatoms. The van der Waals surface area contributed by atoms with Crippen LogP contribution in [0, 0.1) is 0 Å². The van der Waals surface area contributed by atoms with E-state index < -0.39 is 0 Å². The number of imidazole rings is 1. The lowest BCUT2D eigenvalue weighted by atomic mass is 10.1. The van der Waals surface area contributed by atoms with E-state index in [1.165, 1.54) is 6.92 Å². The van der Waals surface area contributed by atoms with E-state index in [9.17, 15) is 9.59 Å². The van der Waals surface area contributed by atoms with Gasteiger partial charge in [-0.25, -0.2) is 4.98 Å². The van der Waals surface area contributed by atoms with Gasteiger partial charge in [0, 0.05) is 56.1 Å². The number of benzene rings is 2. The van der Waals surface area contributed by atoms with Crippen LogP contribution in [0.15, 0.2) is 61.1 Å². The molecule has 4 rings (SSSR count). The molecule has 0 bridgehead atoms. The molecular weight excluding hydrogens is 394 g/mol. The number of hydrogen-bond donors (Lipinski definition) is 1. The summed E-state index contributed by atoms with van der Waals surface area (Å²) < 4.78 is 7.11. The fourth-order valence-corrected chi connectivity index (χ4v) is 3.64. The first kappa shape index (κ1) is 20.5. The molecule has 0 unspecified atom stereocenters. The third-order valence-corrected chi connectivity index (χ3v) is 5.28. The summed E-state index contributed by atoms with van der Waals surface area (Å²) in [6.07, 6.45) is 3.36. The molecular formula is C23H25N5O3. The molecule has 1 aliphatic rings. The fraction of sp³-hybridized carbons (Fsp3) is 0.261. The predicted octanol–water partition coefficient (Wildman–Crippen LogP) is 2.80. The maximum absolute atomic E-state index is 12.9. The summed E-state index contributed by atoms with van der Waals surface area (Å²) >= 11 is 0. The van der Waals surface area contributed by atoms with Gasteiger partial charge in [0.15, 0.2) is 5.82 Å². The van der Waals surface area contributed by atoms with Crippen molar-refractivity contribution < 1.29 is 14.3 Å². The number of carbonyl (C=O) groups excluding carboxylic acids is 2. The molecule has 2 amide bonds. The second-order valence-electron chi connectivity index (χ2n) is 7.37. The number of amides is 2. The van der Waals surface area contributed by atoms with Gasteiger partial charge in [-0.1, -0.05) is 6.07 Å². The highest BCUT2D eigenvalue weighted by Crippen LogP contribution is 2.22. The van der Waals surface area contributed by atoms with Gasteiger partial charge in [0.1, 0.15) is 12.1 Å². The quantitative estimate of drug-likeness (QED) is 0.688. The number of methoxy groups -OCH3 is 1. The number of anilines is 2. The molecule has 31 heavy (non-hydrogen) atoms. The van der Waals surface area contributed by atoms with Gasteiger partial charge in [0.25, 0.3) is 5.91 Å². The summed E-state index contributed by atoms with van der Waals surface area (Å²) in [6, 6.07) is 15.4. The molecule has 0 atom stereocenters. The monoisotopic (exact) mass is 419 g/mol. The van der Waals surface area contributed by atoms with Gasteiger partial charge in [0.2, 0.25) is 5.91 Å². The van der Waals surface area contributed by atoms with Crippen LogP contribution in [0.4, 0.5) is 11.5 Å². The summed E-state index contributed by atoms with van der Waals surface area (Å²) in [6.45, 7) is 4.32. The lowest BCUT2D eigenvalue weighted by Crippen LogP contribution is -2.48. The first-order valence-electron chi connectivity index (χ1n) is 10.1. The zero-order valence-corrected chi connectivity index (χ0v) is 17.6. The highest BCUT2D eigenvalue weighted by molar-refractivity contribution is 5.94. The van der Waals surface area contributed by atoms with Crippen molar-refractivity contribution in [2.24, 2.45) is 0 Å². The van der Waals surface area contributed by atoms with E-state index >= 15 is 0 Å². The molecule has 1 saturated heterocycles. The van der Waals surface area contributed by atoms with Gasteiger partial charge in [-0.05, 0) is 36.4 Å². The molecule has 0 aliphatic carbocycles. The molecule has 160 valence electrons. The predicted molar refractivity (Wildman–Crippen MR) is 119 cm³/mol. The van der Waals surface area contributed by atoms with Crippen LogP contribution in [0.2, 0.25) is 0 Å². The number of hydrogen-bond acceptors (Lipinski definition) is 5. The Kier molecular flexibility index (Phi) is 5.88. The Morgan fingerprint density at radius 3 is 2.42 bits per heavy atom. The lowest BCUT2D eigenvalue weighted by Gasteiger charge is -2.36. The SMILES string of the molecule is COc1cccc(N2CCN(C(=O)c3ccc(-n4cnc(NC(C)=O)c4)cc3)CC2)c1. The summed E-state index contributed by atoms with van der Waals surface area (Å²) in [5.74, 6) is 1.18. The maximum Gasteiger partial charge on any atom is 0.253 e. The minimum absolute atomic E-state index is 0.0291. The van der Waals surface area contributed by atoms with Crippen LogP contribution < -0.4 is 15.0 Å². The van der Waals surface area contributed by atoms with Crippen molar-refractivity contribution in [1.29, 1.82) is 0 Å². The topological polar surface area (TPSA) is 79.7 Å². The van der Waals surface area contributed by atoms with Crippen molar-refractivity contribution in [1.82, 2.24) is 14.5 Å². The van der Waals surface area contributed by atoms with E-state index in [4.69, 9.17) is 4.74 Å². The average molecular weight is 419 g/mol. The Balaban J connectivity index is 1.37. The van der Waals surface area contributed by atoms with Crippen molar-refractivity contribution in [3.8, 4) is 11.4 Å². The van der Waals surface area contributed by atoms with Crippen LogP contribution in [-0.2, 0) is 4.79 Å². The number of nitrogens with zero attached hydrogens (tertiary/aromatic N) is 4. The molecule has 1 aliphatic heterocycles. The average Bonchev–Trinajstić information content (AvgIpc) is 3.26. The highest BCUT2D eigenvalue weighted by atomic mass is 16.5. The Labute approximate surface area is 181 Å². The summed E-state index contributed by atoms with van der Waals surface area (Å²) in [5.41, 5.74) is 2.62. The van der Waals surface area contributed by atoms with Crippen molar-refractivity contribution in [3.63, 3.8) is 0 Å². The van der Waals surface area contributed by atoms with E-state index in [1.54, 1.807) is 24.2 Å². The van der Waals surface area contributed by atoms with E-state index in [0.29, 0.717) is 24.5 Å². The second kappa shape index (κ2) is 8.91. The number of carbonyl (C=O) groups is 2. The Morgan fingerprint density at radius 2 is 1.74 bits per heavy atom. The number of rotatable bonds is 5. The molecule has 1 N–H and O–H groups in total. The zero-order valence-electron chi connectivity index (χ0n) is 17.6. The zero-order chi connectivity index (χ0) is 21.8. The number of piperazine rings is 1. The number of ether oxygens (including phenoxy) is 1. The molecule has 1 fully saturated rings. The van der Waals surface area contributed by atoms with E-state index in [-0.39, 0.29) is 11.8 Å². The van der Waals surface area contributed by atoms with Crippen LogP contribution in [0.5, 0.6) is 5.75 Å². The summed E-state index contributed by atoms with van der Waals surface area (Å²) in [5, 5.41) is 2.65. The van der Waals surface area contributed by atoms with Crippen LogP contribution in [0.1, 0.15) is 17.3 Å². The van der Waals surface area contributed by atoms with Crippen molar-refractivity contribution in [2.45, 2.75) is 6.92 Å². The standard InChI is InChI=1S/C23H25N5O3/c1-17(29)25-22-15-28(16-24-22)19-8-6-18(7-9-19)23(30)27-12-10-26(11-13-27)20-4-3-5-21(14-20)31-2/h3-9,14-16H,10-13H2,1-2H3,(H,25,29). The first-order chi connectivity index (χ1) is 15.0. The second-order valence-corrected chi connectivity index (χ2v) is 7.37. The lowest BCUT2D eigenvalue weighted by molar-refractivity contribution is -0.114. The fourth-order valence-electron chi connectivity index (χ4n) is 3.64. The molecule has 1 aromatic heterocycles. The molecule has 3 aromatic rings. The third kappa shape index (κ3) is 4.69.